The van der Waals surface area contributed by atoms with Crippen LogP contribution in [0, 0.1) is 5.92 Å². The Morgan fingerprint density at radius 1 is 0.636 bits per heavy atom. The van der Waals surface area contributed by atoms with Crippen LogP contribution in [-0.4, -0.2) is 59.0 Å². The van der Waals surface area contributed by atoms with Gasteiger partial charge in [-0.1, -0.05) is 61.3 Å². The minimum Gasteiger partial charge on any atom is -0.478 e. The van der Waals surface area contributed by atoms with E-state index in [1.807, 2.05) is 6.92 Å². The van der Waals surface area contributed by atoms with Crippen LogP contribution in [0.25, 0.3) is 0 Å². The van der Waals surface area contributed by atoms with Crippen molar-refractivity contribution in [2.45, 2.75) is 108 Å². The van der Waals surface area contributed by atoms with Crippen molar-refractivity contribution >= 4 is 23.9 Å². The monoisotopic (exact) mass is 620 g/mol. The number of ether oxygens (including phenoxy) is 3. The Hall–Kier alpha value is -3.72. The first-order valence-corrected chi connectivity index (χ1v) is 15.1. The molecule has 0 amide bonds. The van der Waals surface area contributed by atoms with Crippen molar-refractivity contribution in [3.8, 4) is 0 Å². The van der Waals surface area contributed by atoms with E-state index in [1.54, 1.807) is 52.0 Å². The molecule has 0 spiro atoms. The summed E-state index contributed by atoms with van der Waals surface area (Å²) >= 11 is 0. The van der Waals surface area contributed by atoms with Crippen LogP contribution in [0.2, 0.25) is 0 Å². The van der Waals surface area contributed by atoms with Gasteiger partial charge in [-0.05, 0) is 89.1 Å². The van der Waals surface area contributed by atoms with Gasteiger partial charge in [0.2, 0.25) is 0 Å². The van der Waals surface area contributed by atoms with Gasteiger partial charge >= 0.3 is 23.9 Å². The molecular weight excluding hydrogens is 564 g/mol. The van der Waals surface area contributed by atoms with E-state index in [2.05, 4.69) is 48.5 Å². The summed E-state index contributed by atoms with van der Waals surface area (Å²) < 4.78 is 15.8. The Balaban J connectivity index is -0.000000634. The van der Waals surface area contributed by atoms with E-state index in [0.717, 1.165) is 5.92 Å². The van der Waals surface area contributed by atoms with Crippen LogP contribution in [0.3, 0.4) is 0 Å². The van der Waals surface area contributed by atoms with Gasteiger partial charge in [0, 0.05) is 6.61 Å². The molecule has 0 aromatic heterocycles. The van der Waals surface area contributed by atoms with Crippen LogP contribution in [0.15, 0.2) is 48.5 Å². The van der Waals surface area contributed by atoms with Crippen molar-refractivity contribution in [2.24, 2.45) is 5.92 Å². The number of carbonyl (C=O) groups excluding carboxylic acids is 2. The van der Waals surface area contributed by atoms with Crippen molar-refractivity contribution in [2.75, 3.05) is 13.2 Å². The highest BCUT2D eigenvalue weighted by atomic mass is 16.6. The molecular formula is C35H56O9. The van der Waals surface area contributed by atoms with E-state index < -0.39 is 29.5 Å². The predicted octanol–water partition coefficient (Wildman–Crippen LogP) is 8.80. The quantitative estimate of drug-likeness (QED) is 0.263. The summed E-state index contributed by atoms with van der Waals surface area (Å²) in [6, 6.07) is 11.2. The number of aromatic carboxylic acids is 2. The molecule has 0 aliphatic heterocycles. The molecule has 0 unspecified atom stereocenters. The fourth-order valence-electron chi connectivity index (χ4n) is 2.47. The molecule has 9 nitrogen and oxygen atoms in total. The molecule has 250 valence electrons. The number of carbonyl (C=O) groups is 4. The molecule has 0 radical (unpaired) electrons. The lowest BCUT2D eigenvalue weighted by molar-refractivity contribution is -0.0449. The van der Waals surface area contributed by atoms with Gasteiger partial charge in [-0.15, -0.1) is 0 Å². The lowest BCUT2D eigenvalue weighted by atomic mass is 10.1. The van der Waals surface area contributed by atoms with Crippen LogP contribution < -0.4 is 0 Å². The zero-order valence-corrected chi connectivity index (χ0v) is 28.9. The van der Waals surface area contributed by atoms with Crippen LogP contribution in [0.5, 0.6) is 0 Å². The molecule has 0 aliphatic rings. The summed E-state index contributed by atoms with van der Waals surface area (Å²) in [5.74, 6) is -2.15. The van der Waals surface area contributed by atoms with E-state index in [-0.39, 0.29) is 17.2 Å². The highest BCUT2D eigenvalue weighted by molar-refractivity contribution is 5.93. The fraction of sp³-hybridized carbons (Fsp3) is 0.543. The summed E-state index contributed by atoms with van der Waals surface area (Å²) in [5.41, 5.74) is 0.243. The van der Waals surface area contributed by atoms with Gasteiger partial charge in [-0.2, -0.15) is 0 Å². The number of hydrogen-bond acceptors (Lipinski definition) is 7. The smallest absolute Gasteiger partial charge is 0.338 e. The first kappa shape index (κ1) is 44.7. The molecule has 2 rings (SSSR count). The summed E-state index contributed by atoms with van der Waals surface area (Å²) in [7, 11) is 0. The Morgan fingerprint density at radius 3 is 1.20 bits per heavy atom. The molecule has 0 heterocycles. The minimum absolute atomic E-state index is 0.0833. The maximum Gasteiger partial charge on any atom is 0.338 e. The van der Waals surface area contributed by atoms with Gasteiger partial charge in [-0.3, -0.25) is 0 Å². The van der Waals surface area contributed by atoms with Gasteiger partial charge in [-0.25, -0.2) is 19.2 Å². The van der Waals surface area contributed by atoms with Gasteiger partial charge in [0.1, 0.15) is 5.60 Å². The van der Waals surface area contributed by atoms with Gasteiger partial charge in [0.05, 0.1) is 35.0 Å². The van der Waals surface area contributed by atoms with Gasteiger partial charge in [0.15, 0.2) is 0 Å². The van der Waals surface area contributed by atoms with Gasteiger partial charge in [0.25, 0.3) is 0 Å². The molecule has 2 N–H and O–H groups in total. The zero-order valence-electron chi connectivity index (χ0n) is 28.9. The van der Waals surface area contributed by atoms with E-state index in [1.165, 1.54) is 37.1 Å². The molecule has 44 heavy (non-hydrogen) atoms. The van der Waals surface area contributed by atoms with Crippen molar-refractivity contribution < 1.29 is 43.6 Å². The molecule has 0 fully saturated rings. The lowest BCUT2D eigenvalue weighted by Crippen LogP contribution is -2.33. The molecule has 0 saturated carbocycles. The molecule has 9 heteroatoms. The van der Waals surface area contributed by atoms with E-state index in [0.29, 0.717) is 24.3 Å². The first-order valence-electron chi connectivity index (χ1n) is 15.1. The largest absolute Gasteiger partial charge is 0.478 e. The second-order valence-corrected chi connectivity index (χ2v) is 11.2. The number of hydrogen-bond donors (Lipinski definition) is 2. The second-order valence-electron chi connectivity index (χ2n) is 11.2. The maximum atomic E-state index is 12.1. The van der Waals surface area contributed by atoms with E-state index in [9.17, 15) is 19.2 Å². The van der Waals surface area contributed by atoms with Crippen LogP contribution in [0.1, 0.15) is 137 Å². The highest BCUT2D eigenvalue weighted by Gasteiger charge is 2.24. The Labute approximate surface area is 264 Å². The van der Waals surface area contributed by atoms with Gasteiger partial charge < -0.3 is 24.4 Å². The SMILES string of the molecule is CC(C)C.CCC.CCC.CCOCC(C)(C)OC(=O)c1ccc(C(=O)OC(C)C)cc1.O=C(O)c1ccc(C(=O)O)cc1. The fourth-order valence-corrected chi connectivity index (χ4v) is 2.47. The third kappa shape index (κ3) is 24.8. The molecule has 0 bridgehead atoms. The Morgan fingerprint density at radius 2 is 0.932 bits per heavy atom. The normalized spacial score (nSPS) is 9.86. The maximum absolute atomic E-state index is 12.1. The first-order chi connectivity index (χ1) is 20.4. The molecule has 2 aromatic rings. The Kier molecular flexibility index (Phi) is 26.2. The average molecular weight is 621 g/mol. The van der Waals surface area contributed by atoms with Crippen LogP contribution >= 0.6 is 0 Å². The summed E-state index contributed by atoms with van der Waals surface area (Å²) in [4.78, 5) is 44.5. The van der Waals surface area contributed by atoms with E-state index in [4.69, 9.17) is 24.4 Å². The molecule has 0 atom stereocenters. The third-order valence-electron chi connectivity index (χ3n) is 4.10. The lowest BCUT2D eigenvalue weighted by Gasteiger charge is -2.24. The topological polar surface area (TPSA) is 136 Å². The molecule has 0 saturated heterocycles. The zero-order chi connectivity index (χ0) is 34.9. The Bertz CT molecular complexity index is 1020. The predicted molar refractivity (Wildman–Crippen MR) is 176 cm³/mol. The summed E-state index contributed by atoms with van der Waals surface area (Å²) in [5, 5.41) is 16.9. The van der Waals surface area contributed by atoms with Crippen molar-refractivity contribution in [3.05, 3.63) is 70.8 Å². The number of benzene rings is 2. The second kappa shape index (κ2) is 25.7. The molecule has 2 aromatic carbocycles. The summed E-state index contributed by atoms with van der Waals surface area (Å²) in [6.45, 7) is 24.9. The number of rotatable bonds is 9. The average Bonchev–Trinajstić information content (AvgIpc) is 2.92. The van der Waals surface area contributed by atoms with E-state index >= 15 is 0 Å². The standard InChI is InChI=1S/C17H24O5.C8H6O4.C4H10.2C3H8/c1-6-20-11-17(4,5)22-16(19)14-9-7-13(8-10-14)15(18)21-12(2)3;9-7(10)5-1-2-6(4-3-5)8(11)12;1-4(2)3;2*1-3-2/h7-10,12H,6,11H2,1-5H3;1-4H,(H,9,10)(H,11,12);4H,1-3H3;2*3H2,1-2H3. The number of carboxylic acids is 2. The summed E-state index contributed by atoms with van der Waals surface area (Å²) in [6.07, 6.45) is 2.32. The van der Waals surface area contributed by atoms with Crippen LogP contribution in [0.4, 0.5) is 0 Å². The van der Waals surface area contributed by atoms with Crippen molar-refractivity contribution in [1.82, 2.24) is 0 Å². The van der Waals surface area contributed by atoms with Crippen molar-refractivity contribution in [1.29, 1.82) is 0 Å². The molecule has 0 aliphatic carbocycles. The van der Waals surface area contributed by atoms with Crippen LogP contribution in [-0.2, 0) is 14.2 Å². The third-order valence-corrected chi connectivity index (χ3v) is 4.10. The minimum atomic E-state index is -1.06. The highest BCUT2D eigenvalue weighted by Crippen LogP contribution is 2.15. The number of esters is 2. The number of carboxylic acid groups (broad SMARTS) is 2. The van der Waals surface area contributed by atoms with Crippen molar-refractivity contribution in [3.63, 3.8) is 0 Å².